The van der Waals surface area contributed by atoms with Crippen LogP contribution in [0.1, 0.15) is 43.5 Å². The van der Waals surface area contributed by atoms with Crippen molar-refractivity contribution in [2.75, 3.05) is 0 Å². The molecule has 1 aliphatic carbocycles. The van der Waals surface area contributed by atoms with Gasteiger partial charge in [-0.25, -0.2) is 0 Å². The normalized spacial score (nSPS) is 27.1. The number of nitrogens with one attached hydrogen (secondary N) is 1. The first-order valence-corrected chi connectivity index (χ1v) is 8.30. The van der Waals surface area contributed by atoms with E-state index < -0.39 is 0 Å². The fourth-order valence-corrected chi connectivity index (χ4v) is 4.23. The van der Waals surface area contributed by atoms with Crippen molar-refractivity contribution in [2.24, 2.45) is 11.8 Å². The lowest BCUT2D eigenvalue weighted by Gasteiger charge is -2.32. The molecule has 1 aromatic carbocycles. The molecule has 1 N–H and O–H groups in total. The smallest absolute Gasteiger partial charge is 0.252 e. The monoisotopic (exact) mass is 387 g/mol. The molecule has 0 spiro atoms. The SMILES string of the molecule is CC1CC(C)CC(NC(=O)c2ccc(Br)cc2Br)C1. The second-order valence-electron chi connectivity index (χ2n) is 5.71. The van der Waals surface area contributed by atoms with Gasteiger partial charge in [-0.3, -0.25) is 4.79 Å². The number of rotatable bonds is 2. The maximum absolute atomic E-state index is 12.3. The van der Waals surface area contributed by atoms with Crippen LogP contribution in [0.5, 0.6) is 0 Å². The van der Waals surface area contributed by atoms with E-state index in [9.17, 15) is 4.79 Å². The van der Waals surface area contributed by atoms with Crippen molar-refractivity contribution in [1.29, 1.82) is 0 Å². The van der Waals surface area contributed by atoms with E-state index in [1.807, 2.05) is 18.2 Å². The summed E-state index contributed by atoms with van der Waals surface area (Å²) in [5, 5.41) is 3.17. The second kappa shape index (κ2) is 6.40. The summed E-state index contributed by atoms with van der Waals surface area (Å²) in [5.41, 5.74) is 0.703. The Balaban J connectivity index is 2.04. The van der Waals surface area contributed by atoms with Crippen molar-refractivity contribution in [1.82, 2.24) is 5.32 Å². The Labute approximate surface area is 131 Å². The molecule has 2 nitrogen and oxygen atoms in total. The van der Waals surface area contributed by atoms with E-state index in [4.69, 9.17) is 0 Å². The van der Waals surface area contributed by atoms with E-state index >= 15 is 0 Å². The van der Waals surface area contributed by atoms with Crippen molar-refractivity contribution >= 4 is 37.8 Å². The largest absolute Gasteiger partial charge is 0.349 e. The third-order valence-electron chi connectivity index (χ3n) is 3.69. The van der Waals surface area contributed by atoms with Crippen LogP contribution >= 0.6 is 31.9 Å². The summed E-state index contributed by atoms with van der Waals surface area (Å²) in [6.07, 6.45) is 3.45. The molecular formula is C15H19Br2NO. The third kappa shape index (κ3) is 4.06. The Bertz CT molecular complexity index is 465. The molecular weight excluding hydrogens is 370 g/mol. The highest BCUT2D eigenvalue weighted by atomic mass is 79.9. The van der Waals surface area contributed by atoms with Gasteiger partial charge in [0.1, 0.15) is 0 Å². The van der Waals surface area contributed by atoms with E-state index in [2.05, 4.69) is 51.0 Å². The van der Waals surface area contributed by atoms with Gasteiger partial charge in [0, 0.05) is 15.0 Å². The van der Waals surface area contributed by atoms with E-state index in [-0.39, 0.29) is 5.91 Å². The zero-order chi connectivity index (χ0) is 14.0. The van der Waals surface area contributed by atoms with Crippen molar-refractivity contribution < 1.29 is 4.79 Å². The van der Waals surface area contributed by atoms with Crippen molar-refractivity contribution in [3.63, 3.8) is 0 Å². The zero-order valence-corrected chi connectivity index (χ0v) is 14.4. The molecule has 0 radical (unpaired) electrons. The molecule has 0 saturated heterocycles. The van der Waals surface area contributed by atoms with Crippen LogP contribution in [0, 0.1) is 11.8 Å². The molecule has 1 fully saturated rings. The van der Waals surface area contributed by atoms with Gasteiger partial charge in [-0.1, -0.05) is 29.8 Å². The third-order valence-corrected chi connectivity index (χ3v) is 4.84. The maximum Gasteiger partial charge on any atom is 0.252 e. The van der Waals surface area contributed by atoms with Gasteiger partial charge in [-0.05, 0) is 65.2 Å². The van der Waals surface area contributed by atoms with E-state index in [0.717, 1.165) is 21.8 Å². The topological polar surface area (TPSA) is 29.1 Å². The molecule has 1 aliphatic rings. The summed E-state index contributed by atoms with van der Waals surface area (Å²) >= 11 is 6.84. The average molecular weight is 389 g/mol. The number of hydrogen-bond donors (Lipinski definition) is 1. The van der Waals surface area contributed by atoms with Gasteiger partial charge >= 0.3 is 0 Å². The van der Waals surface area contributed by atoms with Crippen LogP contribution in [0.4, 0.5) is 0 Å². The first-order chi connectivity index (χ1) is 8.95. The van der Waals surface area contributed by atoms with Crippen molar-refractivity contribution in [3.05, 3.63) is 32.7 Å². The lowest BCUT2D eigenvalue weighted by Crippen LogP contribution is -2.40. The summed E-state index contributed by atoms with van der Waals surface area (Å²) in [6, 6.07) is 5.95. The Kier molecular flexibility index (Phi) is 5.07. The first kappa shape index (κ1) is 15.0. The maximum atomic E-state index is 12.3. The van der Waals surface area contributed by atoms with E-state index in [1.165, 1.54) is 6.42 Å². The first-order valence-electron chi connectivity index (χ1n) is 6.71. The minimum absolute atomic E-state index is 0.0191. The van der Waals surface area contributed by atoms with Crippen LogP contribution in [0.15, 0.2) is 27.1 Å². The molecule has 0 aliphatic heterocycles. The van der Waals surface area contributed by atoms with E-state index in [0.29, 0.717) is 23.4 Å². The molecule has 1 saturated carbocycles. The predicted molar refractivity (Wildman–Crippen MR) is 85.3 cm³/mol. The van der Waals surface area contributed by atoms with Gasteiger partial charge < -0.3 is 5.32 Å². The molecule has 2 unspecified atom stereocenters. The Morgan fingerprint density at radius 3 is 2.37 bits per heavy atom. The van der Waals surface area contributed by atoms with Gasteiger partial charge in [0.25, 0.3) is 5.91 Å². The van der Waals surface area contributed by atoms with Gasteiger partial charge in [-0.15, -0.1) is 0 Å². The predicted octanol–water partition coefficient (Wildman–Crippen LogP) is 4.77. The summed E-state index contributed by atoms with van der Waals surface area (Å²) in [4.78, 5) is 12.3. The minimum atomic E-state index is 0.0191. The summed E-state index contributed by atoms with van der Waals surface area (Å²) in [5.74, 6) is 1.41. The van der Waals surface area contributed by atoms with Crippen molar-refractivity contribution in [2.45, 2.75) is 39.2 Å². The molecule has 0 bridgehead atoms. The van der Waals surface area contributed by atoms with Crippen LogP contribution in [0.2, 0.25) is 0 Å². The van der Waals surface area contributed by atoms with Gasteiger partial charge in [-0.2, -0.15) is 0 Å². The quantitative estimate of drug-likeness (QED) is 0.776. The number of hydrogen-bond acceptors (Lipinski definition) is 1. The molecule has 1 amide bonds. The minimum Gasteiger partial charge on any atom is -0.349 e. The van der Waals surface area contributed by atoms with Gasteiger partial charge in [0.2, 0.25) is 0 Å². The molecule has 0 heterocycles. The number of carbonyl (C=O) groups is 1. The Hall–Kier alpha value is -0.350. The van der Waals surface area contributed by atoms with Crippen LogP contribution in [0.25, 0.3) is 0 Å². The lowest BCUT2D eigenvalue weighted by molar-refractivity contribution is 0.0910. The van der Waals surface area contributed by atoms with Crippen LogP contribution in [0.3, 0.4) is 0 Å². The molecule has 2 atom stereocenters. The average Bonchev–Trinajstić information content (AvgIpc) is 2.26. The highest BCUT2D eigenvalue weighted by Gasteiger charge is 2.25. The fraction of sp³-hybridized carbons (Fsp3) is 0.533. The van der Waals surface area contributed by atoms with Crippen LogP contribution < -0.4 is 5.32 Å². The summed E-state index contributed by atoms with van der Waals surface area (Å²) in [7, 11) is 0. The molecule has 104 valence electrons. The number of amides is 1. The Morgan fingerprint density at radius 1 is 1.16 bits per heavy atom. The number of carbonyl (C=O) groups excluding carboxylic acids is 1. The molecule has 19 heavy (non-hydrogen) atoms. The fourth-order valence-electron chi connectivity index (χ4n) is 3.00. The number of halogens is 2. The van der Waals surface area contributed by atoms with E-state index in [1.54, 1.807) is 0 Å². The molecule has 1 aromatic rings. The highest BCUT2D eigenvalue weighted by Crippen LogP contribution is 2.29. The second-order valence-corrected chi connectivity index (χ2v) is 7.48. The molecule has 2 rings (SSSR count). The van der Waals surface area contributed by atoms with Gasteiger partial charge in [0.05, 0.1) is 5.56 Å². The molecule has 4 heteroatoms. The van der Waals surface area contributed by atoms with Crippen LogP contribution in [-0.2, 0) is 0 Å². The highest BCUT2D eigenvalue weighted by molar-refractivity contribution is 9.11. The van der Waals surface area contributed by atoms with Gasteiger partial charge in [0.15, 0.2) is 0 Å². The Morgan fingerprint density at radius 2 is 1.79 bits per heavy atom. The number of benzene rings is 1. The van der Waals surface area contributed by atoms with Crippen LogP contribution in [-0.4, -0.2) is 11.9 Å². The summed E-state index contributed by atoms with van der Waals surface area (Å²) in [6.45, 7) is 4.54. The summed E-state index contributed by atoms with van der Waals surface area (Å²) < 4.78 is 1.80. The lowest BCUT2D eigenvalue weighted by atomic mass is 9.80. The molecule has 0 aromatic heterocycles. The zero-order valence-electron chi connectivity index (χ0n) is 11.2. The van der Waals surface area contributed by atoms with Crippen molar-refractivity contribution in [3.8, 4) is 0 Å². The standard InChI is InChI=1S/C15H19Br2NO/c1-9-5-10(2)7-12(6-9)18-15(19)13-4-3-11(16)8-14(13)17/h3-4,8-10,12H,5-7H2,1-2H3,(H,18,19).